The minimum absolute atomic E-state index is 0.133. The molecule has 19 nitrogen and oxygen atoms in total. The second-order valence-electron chi connectivity index (χ2n) is 18.7. The van der Waals surface area contributed by atoms with Crippen LogP contribution < -0.4 is 5.73 Å². The number of carboxylic acids is 2. The molecule has 0 aromatic rings. The molecule has 19 heteroatoms. The average Bonchev–Trinajstić information content (AvgIpc) is 3.15. The molecule has 3 rings (SSSR count). The van der Waals surface area contributed by atoms with E-state index in [1.165, 1.54) is 14.0 Å². The minimum Gasteiger partial charge on any atom is -0.481 e. The van der Waals surface area contributed by atoms with Crippen LogP contribution in [0.1, 0.15) is 101 Å². The number of carboxylic acid groups (broad SMARTS) is 2. The summed E-state index contributed by atoms with van der Waals surface area (Å²) >= 11 is 0. The number of aliphatic hydroxyl groups excluding tert-OH is 3. The number of aliphatic carboxylic acids is 2. The van der Waals surface area contributed by atoms with E-state index in [9.17, 15) is 39.9 Å². The number of hydrogen-bond donors (Lipinski definition) is 8. The highest BCUT2D eigenvalue weighted by Gasteiger charge is 2.52. The molecule has 0 saturated carbocycles. The first-order chi connectivity index (χ1) is 27.9. The summed E-state index contributed by atoms with van der Waals surface area (Å²) in [6, 6.07) is -2.10. The average molecular weight is 882 g/mol. The molecule has 9 N–H and O–H groups in total. The normalized spacial score (nSPS) is 44.1. The van der Waals surface area contributed by atoms with Gasteiger partial charge < -0.3 is 79.7 Å². The summed E-state index contributed by atoms with van der Waals surface area (Å²) in [5, 5.41) is 74.2. The smallest absolute Gasteiger partial charge is 0.321 e. The highest BCUT2D eigenvalue weighted by Crippen LogP contribution is 2.40. The Bertz CT molecular complexity index is 1410. The maximum Gasteiger partial charge on any atom is 0.321 e. The van der Waals surface area contributed by atoms with Crippen molar-refractivity contribution >= 4 is 17.9 Å². The second-order valence-corrected chi connectivity index (χ2v) is 18.7. The fraction of sp³-hybridized carbons (Fsp3) is 0.929. The summed E-state index contributed by atoms with van der Waals surface area (Å²) < 4.78 is 37.5. The molecule has 0 amide bonds. The first-order valence-corrected chi connectivity index (χ1v) is 21.4. The molecule has 19 atom stereocenters. The van der Waals surface area contributed by atoms with E-state index in [1.807, 2.05) is 51.7 Å². The lowest BCUT2D eigenvalue weighted by Crippen LogP contribution is -2.60. The minimum atomic E-state index is -1.80. The van der Waals surface area contributed by atoms with Crippen molar-refractivity contribution in [3.63, 3.8) is 0 Å². The van der Waals surface area contributed by atoms with Gasteiger partial charge in [0.15, 0.2) is 12.6 Å². The van der Waals surface area contributed by atoms with Crippen LogP contribution in [0.3, 0.4) is 0 Å². The van der Waals surface area contributed by atoms with Crippen molar-refractivity contribution in [3.8, 4) is 0 Å². The van der Waals surface area contributed by atoms with Crippen LogP contribution in [0.15, 0.2) is 0 Å². The monoisotopic (exact) mass is 882 g/mol. The number of esters is 1. The Morgan fingerprint density at radius 3 is 2.05 bits per heavy atom. The van der Waals surface area contributed by atoms with Crippen LogP contribution in [0, 0.1) is 17.8 Å². The maximum atomic E-state index is 14.2. The molecule has 0 spiro atoms. The molecule has 3 fully saturated rings. The van der Waals surface area contributed by atoms with E-state index in [-0.39, 0.29) is 37.3 Å². The van der Waals surface area contributed by atoms with Crippen molar-refractivity contribution in [2.45, 2.75) is 198 Å². The molecular formula is C42H79N3O16. The Labute approximate surface area is 361 Å². The molecule has 0 aliphatic carbocycles. The van der Waals surface area contributed by atoms with Crippen LogP contribution >= 0.6 is 0 Å². The summed E-state index contributed by atoms with van der Waals surface area (Å²) in [7, 11) is 7.12. The van der Waals surface area contributed by atoms with Crippen LogP contribution in [0.5, 0.6) is 0 Å². The molecule has 3 saturated heterocycles. The van der Waals surface area contributed by atoms with E-state index in [0.29, 0.717) is 13.0 Å². The molecule has 3 heterocycles. The predicted octanol–water partition coefficient (Wildman–Crippen LogP) is 0.774. The third kappa shape index (κ3) is 14.2. The Balaban J connectivity index is 0.00000127. The summed E-state index contributed by atoms with van der Waals surface area (Å²) in [6.07, 6.45) is -8.72. The molecule has 0 radical (unpaired) electrons. The molecule has 0 aromatic heterocycles. The third-order valence-corrected chi connectivity index (χ3v) is 12.9. The molecular weight excluding hydrogens is 802 g/mol. The van der Waals surface area contributed by atoms with Crippen molar-refractivity contribution in [1.29, 1.82) is 0 Å². The molecule has 0 aromatic carbocycles. The van der Waals surface area contributed by atoms with Crippen LogP contribution in [0.25, 0.3) is 0 Å². The van der Waals surface area contributed by atoms with Crippen LogP contribution in [-0.2, 0) is 42.8 Å². The van der Waals surface area contributed by atoms with Gasteiger partial charge in [-0.3, -0.25) is 14.4 Å². The van der Waals surface area contributed by atoms with E-state index in [4.69, 9.17) is 44.4 Å². The topological polar surface area (TPSA) is 281 Å². The Morgan fingerprint density at radius 2 is 1.56 bits per heavy atom. The molecule has 358 valence electrons. The van der Waals surface area contributed by atoms with Gasteiger partial charge in [0.25, 0.3) is 0 Å². The number of likely N-dealkylation sites (N-methyl/N-ethyl adjacent to an activating group) is 2. The first-order valence-electron chi connectivity index (χ1n) is 21.4. The van der Waals surface area contributed by atoms with E-state index in [2.05, 4.69) is 0 Å². The van der Waals surface area contributed by atoms with Gasteiger partial charge in [-0.05, 0) is 94.8 Å². The molecule has 3 aliphatic rings. The van der Waals surface area contributed by atoms with Gasteiger partial charge in [0.2, 0.25) is 0 Å². The lowest BCUT2D eigenvalue weighted by Gasteiger charge is -2.48. The highest BCUT2D eigenvalue weighted by atomic mass is 16.7. The Hall–Kier alpha value is -2.11. The maximum absolute atomic E-state index is 14.2. The van der Waals surface area contributed by atoms with E-state index in [1.54, 1.807) is 41.5 Å². The van der Waals surface area contributed by atoms with Crippen LogP contribution in [0.2, 0.25) is 0 Å². The molecule has 0 unspecified atom stereocenters. The number of nitrogens with zero attached hydrogens (tertiary/aromatic N) is 2. The van der Waals surface area contributed by atoms with Crippen molar-refractivity contribution in [2.24, 2.45) is 23.5 Å². The Morgan fingerprint density at radius 1 is 0.967 bits per heavy atom. The first kappa shape index (κ1) is 55.0. The fourth-order valence-electron chi connectivity index (χ4n) is 9.01. The lowest BCUT2D eigenvalue weighted by molar-refractivity contribution is -0.318. The zero-order valence-electron chi connectivity index (χ0n) is 38.8. The van der Waals surface area contributed by atoms with Gasteiger partial charge in [0.05, 0.1) is 48.0 Å². The van der Waals surface area contributed by atoms with Crippen molar-refractivity contribution < 1.29 is 78.6 Å². The number of nitrogens with two attached hydrogens (primary N) is 1. The number of ether oxygens (including phenoxy) is 6. The van der Waals surface area contributed by atoms with Crippen molar-refractivity contribution in [2.75, 3.05) is 34.8 Å². The lowest BCUT2D eigenvalue weighted by atomic mass is 9.77. The quantitative estimate of drug-likeness (QED) is 0.141. The summed E-state index contributed by atoms with van der Waals surface area (Å²) in [5.41, 5.74) is 0.463. The van der Waals surface area contributed by atoms with Crippen molar-refractivity contribution in [3.05, 3.63) is 0 Å². The summed E-state index contributed by atoms with van der Waals surface area (Å²) in [5.74, 6) is -5.08. The van der Waals surface area contributed by atoms with E-state index < -0.39 is 120 Å². The highest BCUT2D eigenvalue weighted by molar-refractivity contribution is 5.80. The van der Waals surface area contributed by atoms with Gasteiger partial charge in [0, 0.05) is 38.1 Å². The summed E-state index contributed by atoms with van der Waals surface area (Å²) in [4.78, 5) is 37.7. The summed E-state index contributed by atoms with van der Waals surface area (Å²) in [6.45, 7) is 18.0. The van der Waals surface area contributed by atoms with Gasteiger partial charge in [-0.15, -0.1) is 0 Å². The van der Waals surface area contributed by atoms with E-state index >= 15 is 0 Å². The van der Waals surface area contributed by atoms with Crippen LogP contribution in [0.4, 0.5) is 0 Å². The van der Waals surface area contributed by atoms with Gasteiger partial charge in [-0.2, -0.15) is 0 Å². The van der Waals surface area contributed by atoms with Crippen LogP contribution in [-0.4, -0.2) is 195 Å². The number of cyclic esters (lactones) is 1. The number of hydrogen-bond acceptors (Lipinski definition) is 17. The SMILES string of the molecule is CC[C@H]1OC(=O)[C@H](C)[C@@H](O[C@H]2C[C@@](C)(OC)[C@@H](O)[C@H](C)O2)[C@H](C)[C@@H](O[C@@H]2O[C@H](C)C[C@H](N(C)C)[C@H]2O)[C@](C)(O)C[C@@H](C)CN(C)[C@H](C)[C@@H](O)[C@]1(C)O.N[C@@H](CC(=O)O)C(=O)O. The number of carbonyl (C=O) groups excluding carboxylic acids is 1. The zero-order valence-corrected chi connectivity index (χ0v) is 38.8. The number of methoxy groups -OCH3 is 1. The van der Waals surface area contributed by atoms with Gasteiger partial charge in [-0.1, -0.05) is 20.8 Å². The molecule has 61 heavy (non-hydrogen) atoms. The standard InChI is InChI=1S/C38H72N2O12.C4H7NO4/c1-15-27-38(10,46)31(42)24(6)40(13)19-20(2)17-36(8,45)33(52-35-29(41)26(39(11)12)16-21(3)48-35)22(4)30(23(5)34(44)50-27)51-28-18-37(9,47-14)32(43)25(7)49-28;5-2(4(8)9)1-3(6)7/h20-33,35,41-43,45-46H,15-19H2,1-14H3;2H,1,5H2,(H,6,7)(H,8,9)/t20-,21-,22+,23-,24-,25+,26+,27-,28+,29-,30+,31-,32+,33-,35+,36-,37-,38-;2-/m10/s1. The van der Waals surface area contributed by atoms with Gasteiger partial charge in [0.1, 0.15) is 36.1 Å². The fourth-order valence-corrected chi connectivity index (χ4v) is 9.01. The number of aliphatic hydroxyl groups is 5. The molecule has 3 aliphatic heterocycles. The predicted molar refractivity (Wildman–Crippen MR) is 222 cm³/mol. The van der Waals surface area contributed by atoms with Crippen molar-refractivity contribution in [1.82, 2.24) is 9.80 Å². The zero-order chi connectivity index (χ0) is 47.1. The Kier molecular flexibility index (Phi) is 20.5. The molecule has 0 bridgehead atoms. The van der Waals surface area contributed by atoms with E-state index in [0.717, 1.165) is 0 Å². The largest absolute Gasteiger partial charge is 0.481 e. The third-order valence-electron chi connectivity index (χ3n) is 12.9. The van der Waals surface area contributed by atoms with Gasteiger partial charge in [-0.25, -0.2) is 0 Å². The number of carbonyl (C=O) groups is 3. The number of rotatable bonds is 10. The second kappa shape index (κ2) is 22.7. The van der Waals surface area contributed by atoms with Gasteiger partial charge >= 0.3 is 17.9 Å².